The molecule has 0 aliphatic carbocycles. The Labute approximate surface area is 98.7 Å². The van der Waals surface area contributed by atoms with Crippen molar-refractivity contribution in [3.63, 3.8) is 0 Å². The normalized spacial score (nSPS) is 10.1. The van der Waals surface area contributed by atoms with E-state index in [0.717, 1.165) is 0 Å². The van der Waals surface area contributed by atoms with Gasteiger partial charge in [0.2, 0.25) is 5.91 Å². The SMILES string of the molecule is COc1ccc([N+](=O)[O-])cc1NC(=O)C(C)C. The van der Waals surface area contributed by atoms with E-state index in [2.05, 4.69) is 5.32 Å². The monoisotopic (exact) mass is 238 g/mol. The van der Waals surface area contributed by atoms with Gasteiger partial charge in [-0.05, 0) is 6.07 Å². The summed E-state index contributed by atoms with van der Waals surface area (Å²) in [6.07, 6.45) is 0. The quantitative estimate of drug-likeness (QED) is 0.644. The summed E-state index contributed by atoms with van der Waals surface area (Å²) in [5.74, 6) is -0.0348. The molecule has 0 aliphatic rings. The van der Waals surface area contributed by atoms with Gasteiger partial charge in [0.25, 0.3) is 5.69 Å². The van der Waals surface area contributed by atoms with Crippen LogP contribution in [0.4, 0.5) is 11.4 Å². The number of benzene rings is 1. The largest absolute Gasteiger partial charge is 0.495 e. The van der Waals surface area contributed by atoms with E-state index >= 15 is 0 Å². The van der Waals surface area contributed by atoms with Crippen LogP contribution in [0, 0.1) is 16.0 Å². The lowest BCUT2D eigenvalue weighted by Crippen LogP contribution is -2.18. The summed E-state index contributed by atoms with van der Waals surface area (Å²) in [6, 6.07) is 4.05. The lowest BCUT2D eigenvalue weighted by atomic mass is 10.2. The van der Waals surface area contributed by atoms with Gasteiger partial charge >= 0.3 is 0 Å². The van der Waals surface area contributed by atoms with E-state index in [9.17, 15) is 14.9 Å². The zero-order chi connectivity index (χ0) is 13.0. The molecule has 0 radical (unpaired) electrons. The number of nitrogens with one attached hydrogen (secondary N) is 1. The minimum Gasteiger partial charge on any atom is -0.495 e. The van der Waals surface area contributed by atoms with E-state index < -0.39 is 4.92 Å². The van der Waals surface area contributed by atoms with Crippen molar-refractivity contribution in [2.45, 2.75) is 13.8 Å². The summed E-state index contributed by atoms with van der Waals surface area (Å²) >= 11 is 0. The second kappa shape index (κ2) is 5.29. The molecular weight excluding hydrogens is 224 g/mol. The fraction of sp³-hybridized carbons (Fsp3) is 0.364. The van der Waals surface area contributed by atoms with Crippen LogP contribution in [0.15, 0.2) is 18.2 Å². The summed E-state index contributed by atoms with van der Waals surface area (Å²) in [4.78, 5) is 21.6. The topological polar surface area (TPSA) is 81.5 Å². The number of non-ortho nitro benzene ring substituents is 1. The van der Waals surface area contributed by atoms with E-state index in [1.54, 1.807) is 13.8 Å². The second-order valence-corrected chi connectivity index (χ2v) is 3.79. The number of rotatable bonds is 4. The number of nitro groups is 1. The van der Waals surface area contributed by atoms with Gasteiger partial charge in [0.1, 0.15) is 5.75 Å². The van der Waals surface area contributed by atoms with Crippen molar-refractivity contribution in [2.75, 3.05) is 12.4 Å². The highest BCUT2D eigenvalue weighted by molar-refractivity contribution is 5.93. The number of carbonyl (C=O) groups excluding carboxylic acids is 1. The number of hydrogen-bond donors (Lipinski definition) is 1. The molecule has 92 valence electrons. The Kier molecular flexibility index (Phi) is 4.03. The van der Waals surface area contributed by atoms with Crippen LogP contribution in [0.25, 0.3) is 0 Å². The maximum absolute atomic E-state index is 11.5. The summed E-state index contributed by atoms with van der Waals surface area (Å²) in [5.41, 5.74) is 0.213. The van der Waals surface area contributed by atoms with Crippen LogP contribution in [-0.4, -0.2) is 17.9 Å². The standard InChI is InChI=1S/C11H14N2O4/c1-7(2)11(14)12-9-6-8(13(15)16)4-5-10(9)17-3/h4-7H,1-3H3,(H,12,14). The fourth-order valence-electron chi connectivity index (χ4n) is 1.18. The van der Waals surface area contributed by atoms with Gasteiger partial charge in [-0.2, -0.15) is 0 Å². The zero-order valence-electron chi connectivity index (χ0n) is 9.89. The number of nitro benzene ring substituents is 1. The van der Waals surface area contributed by atoms with Crippen LogP contribution in [0.3, 0.4) is 0 Å². The summed E-state index contributed by atoms with van der Waals surface area (Å²) in [5, 5.41) is 13.2. The lowest BCUT2D eigenvalue weighted by molar-refractivity contribution is -0.384. The van der Waals surface area contributed by atoms with Crippen molar-refractivity contribution in [1.29, 1.82) is 0 Å². The van der Waals surface area contributed by atoms with Crippen LogP contribution in [0.1, 0.15) is 13.8 Å². The Morgan fingerprint density at radius 1 is 1.47 bits per heavy atom. The molecule has 17 heavy (non-hydrogen) atoms. The molecule has 1 rings (SSSR count). The Hall–Kier alpha value is -2.11. The maximum atomic E-state index is 11.5. The molecule has 1 amide bonds. The number of anilines is 1. The summed E-state index contributed by atoms with van der Waals surface area (Å²) < 4.78 is 5.02. The first-order chi connectivity index (χ1) is 7.95. The highest BCUT2D eigenvalue weighted by atomic mass is 16.6. The Morgan fingerprint density at radius 2 is 2.12 bits per heavy atom. The Balaban J connectivity index is 3.06. The van der Waals surface area contributed by atoms with Gasteiger partial charge in [-0.3, -0.25) is 14.9 Å². The van der Waals surface area contributed by atoms with E-state index in [0.29, 0.717) is 11.4 Å². The van der Waals surface area contributed by atoms with Crippen molar-refractivity contribution in [2.24, 2.45) is 5.92 Å². The third kappa shape index (κ3) is 3.17. The van der Waals surface area contributed by atoms with Gasteiger partial charge in [-0.25, -0.2) is 0 Å². The van der Waals surface area contributed by atoms with Gasteiger partial charge in [-0.15, -0.1) is 0 Å². The van der Waals surface area contributed by atoms with Crippen LogP contribution in [0.5, 0.6) is 5.75 Å². The third-order valence-corrected chi connectivity index (χ3v) is 2.18. The molecule has 0 fully saturated rings. The van der Waals surface area contributed by atoms with Crippen molar-refractivity contribution in [1.82, 2.24) is 0 Å². The number of hydrogen-bond acceptors (Lipinski definition) is 4. The van der Waals surface area contributed by atoms with Crippen molar-refractivity contribution in [3.05, 3.63) is 28.3 Å². The number of nitrogens with zero attached hydrogens (tertiary/aromatic N) is 1. The summed E-state index contributed by atoms with van der Waals surface area (Å²) in [6.45, 7) is 3.47. The van der Waals surface area contributed by atoms with Gasteiger partial charge in [-0.1, -0.05) is 13.8 Å². The van der Waals surface area contributed by atoms with Crippen molar-refractivity contribution < 1.29 is 14.5 Å². The first-order valence-electron chi connectivity index (χ1n) is 5.09. The molecule has 0 aromatic heterocycles. The molecule has 0 spiro atoms. The smallest absolute Gasteiger partial charge is 0.271 e. The second-order valence-electron chi connectivity index (χ2n) is 3.79. The zero-order valence-corrected chi connectivity index (χ0v) is 9.89. The predicted octanol–water partition coefficient (Wildman–Crippen LogP) is 2.20. The van der Waals surface area contributed by atoms with Crippen LogP contribution in [0.2, 0.25) is 0 Å². The molecule has 0 aliphatic heterocycles. The number of methoxy groups -OCH3 is 1. The molecule has 0 bridgehead atoms. The number of ether oxygens (including phenoxy) is 1. The van der Waals surface area contributed by atoms with E-state index in [4.69, 9.17) is 4.74 Å². The maximum Gasteiger partial charge on any atom is 0.271 e. The number of amides is 1. The fourth-order valence-corrected chi connectivity index (χ4v) is 1.18. The molecule has 6 nitrogen and oxygen atoms in total. The molecule has 0 atom stereocenters. The molecule has 0 heterocycles. The highest BCUT2D eigenvalue weighted by Gasteiger charge is 2.14. The van der Waals surface area contributed by atoms with Crippen LogP contribution < -0.4 is 10.1 Å². The Morgan fingerprint density at radius 3 is 2.59 bits per heavy atom. The van der Waals surface area contributed by atoms with Crippen molar-refractivity contribution >= 4 is 17.3 Å². The van der Waals surface area contributed by atoms with Crippen LogP contribution in [-0.2, 0) is 4.79 Å². The van der Waals surface area contributed by atoms with Gasteiger partial charge in [0.15, 0.2) is 0 Å². The lowest BCUT2D eigenvalue weighted by Gasteiger charge is -2.11. The first-order valence-corrected chi connectivity index (χ1v) is 5.09. The van der Waals surface area contributed by atoms with Crippen LogP contribution >= 0.6 is 0 Å². The van der Waals surface area contributed by atoms with E-state index in [-0.39, 0.29) is 17.5 Å². The first kappa shape index (κ1) is 13.0. The molecular formula is C11H14N2O4. The minimum atomic E-state index is -0.523. The molecule has 0 unspecified atom stereocenters. The molecule has 0 saturated carbocycles. The third-order valence-electron chi connectivity index (χ3n) is 2.18. The average molecular weight is 238 g/mol. The Bertz CT molecular complexity index is 443. The average Bonchev–Trinajstić information content (AvgIpc) is 2.28. The van der Waals surface area contributed by atoms with Gasteiger partial charge in [0.05, 0.1) is 17.7 Å². The number of carbonyl (C=O) groups is 1. The highest BCUT2D eigenvalue weighted by Crippen LogP contribution is 2.29. The summed E-state index contributed by atoms with van der Waals surface area (Å²) in [7, 11) is 1.44. The van der Waals surface area contributed by atoms with Crippen molar-refractivity contribution in [3.8, 4) is 5.75 Å². The van der Waals surface area contributed by atoms with Gasteiger partial charge < -0.3 is 10.1 Å². The molecule has 1 aromatic rings. The van der Waals surface area contributed by atoms with Gasteiger partial charge in [0, 0.05) is 18.1 Å². The molecule has 0 saturated heterocycles. The van der Waals surface area contributed by atoms with E-state index in [1.807, 2.05) is 0 Å². The molecule has 1 N–H and O–H groups in total. The molecule has 1 aromatic carbocycles. The van der Waals surface area contributed by atoms with E-state index in [1.165, 1.54) is 25.3 Å². The predicted molar refractivity (Wildman–Crippen MR) is 63.1 cm³/mol. The minimum absolute atomic E-state index is 0.0927. The molecule has 6 heteroatoms.